The Labute approximate surface area is 137 Å². The monoisotopic (exact) mass is 294 g/mol. The molecule has 0 unspecified atom stereocenters. The first-order valence-corrected chi connectivity index (χ1v) is 8.27. The van der Waals surface area contributed by atoms with Crippen LogP contribution in [0.25, 0.3) is 0 Å². The summed E-state index contributed by atoms with van der Waals surface area (Å²) >= 11 is 0. The van der Waals surface area contributed by atoms with Crippen molar-refractivity contribution in [1.29, 1.82) is 0 Å². The van der Waals surface area contributed by atoms with Crippen molar-refractivity contribution in [3.63, 3.8) is 0 Å². The van der Waals surface area contributed by atoms with Crippen LogP contribution in [0, 0.1) is 0 Å². The van der Waals surface area contributed by atoms with Crippen LogP contribution in [0.3, 0.4) is 0 Å². The van der Waals surface area contributed by atoms with E-state index in [0.29, 0.717) is 5.92 Å². The van der Waals surface area contributed by atoms with Crippen LogP contribution >= 0.6 is 0 Å². The van der Waals surface area contributed by atoms with Crippen molar-refractivity contribution in [3.8, 4) is 0 Å². The van der Waals surface area contributed by atoms with Gasteiger partial charge in [-0.1, -0.05) is 78.9 Å². The average molecular weight is 294 g/mol. The van der Waals surface area contributed by atoms with Crippen LogP contribution < -0.4 is 0 Å². The fourth-order valence-corrected chi connectivity index (χ4v) is 4.90. The largest absolute Gasteiger partial charge is 0.103 e. The highest BCUT2D eigenvalue weighted by Crippen LogP contribution is 2.60. The molecule has 3 aliphatic carbocycles. The summed E-state index contributed by atoms with van der Waals surface area (Å²) in [5.41, 5.74) is 8.69. The summed E-state index contributed by atoms with van der Waals surface area (Å²) in [4.78, 5) is 0. The summed E-state index contributed by atoms with van der Waals surface area (Å²) in [6.45, 7) is 4.08. The lowest BCUT2D eigenvalue weighted by Crippen LogP contribution is -2.41. The van der Waals surface area contributed by atoms with Gasteiger partial charge < -0.3 is 0 Å². The Morgan fingerprint density at radius 3 is 1.48 bits per heavy atom. The first kappa shape index (κ1) is 12.9. The Morgan fingerprint density at radius 1 is 0.696 bits per heavy atom. The summed E-state index contributed by atoms with van der Waals surface area (Å²) in [5, 5.41) is 0. The summed E-state index contributed by atoms with van der Waals surface area (Å²) < 4.78 is 0. The quantitative estimate of drug-likeness (QED) is 0.555. The van der Waals surface area contributed by atoms with Gasteiger partial charge in [0.25, 0.3) is 0 Å². The molecule has 0 atom stereocenters. The zero-order chi connectivity index (χ0) is 15.4. The van der Waals surface area contributed by atoms with E-state index < -0.39 is 0 Å². The predicted molar refractivity (Wildman–Crippen MR) is 95.0 cm³/mol. The van der Waals surface area contributed by atoms with Crippen molar-refractivity contribution in [1.82, 2.24) is 0 Å². The molecule has 6 rings (SSSR count). The molecule has 0 saturated heterocycles. The average Bonchev–Trinajstić information content (AvgIpc) is 2.62. The van der Waals surface area contributed by atoms with Crippen molar-refractivity contribution >= 4 is 0 Å². The molecule has 0 fully saturated rings. The van der Waals surface area contributed by atoms with Crippen LogP contribution in [0.15, 0.2) is 85.5 Å². The lowest BCUT2D eigenvalue weighted by Gasteiger charge is -2.50. The third-order valence-electron chi connectivity index (χ3n) is 5.65. The van der Waals surface area contributed by atoms with Crippen molar-refractivity contribution in [2.24, 2.45) is 0 Å². The third kappa shape index (κ3) is 1.42. The number of benzene rings is 3. The Morgan fingerprint density at radius 2 is 1.09 bits per heavy atom. The molecule has 3 aromatic carbocycles. The molecule has 0 heterocycles. The number of allylic oxidation sites excluding steroid dienone is 1. The molecule has 0 radical (unpaired) electrons. The van der Waals surface area contributed by atoms with Gasteiger partial charge >= 0.3 is 0 Å². The number of hydrogen-bond donors (Lipinski definition) is 0. The van der Waals surface area contributed by atoms with Gasteiger partial charge in [0, 0.05) is 11.3 Å². The second kappa shape index (κ2) is 4.45. The first-order valence-electron chi connectivity index (χ1n) is 8.27. The molecular formula is C23H18. The zero-order valence-electron chi connectivity index (χ0n) is 13.0. The fourth-order valence-electron chi connectivity index (χ4n) is 4.90. The topological polar surface area (TPSA) is 0 Å². The lowest BCUT2D eigenvalue weighted by atomic mass is 9.52. The summed E-state index contributed by atoms with van der Waals surface area (Å²) in [6, 6.07) is 26.9. The highest BCUT2D eigenvalue weighted by molar-refractivity contribution is 5.71. The minimum absolute atomic E-state index is 0.0831. The molecule has 0 N–H and O–H groups in total. The van der Waals surface area contributed by atoms with E-state index in [-0.39, 0.29) is 5.41 Å². The lowest BCUT2D eigenvalue weighted by molar-refractivity contribution is 0.550. The maximum absolute atomic E-state index is 4.08. The molecule has 3 aromatic rings. The maximum Gasteiger partial charge on any atom is 0.0494 e. The summed E-state index contributed by atoms with van der Waals surface area (Å²) in [5.74, 6) is 0.366. The van der Waals surface area contributed by atoms with E-state index in [1.807, 2.05) is 0 Å². The van der Waals surface area contributed by atoms with Crippen molar-refractivity contribution < 1.29 is 0 Å². The predicted octanol–water partition coefficient (Wildman–Crippen LogP) is 5.40. The Kier molecular flexibility index (Phi) is 2.50. The zero-order valence-corrected chi connectivity index (χ0v) is 13.0. The van der Waals surface area contributed by atoms with Crippen LogP contribution in [0.2, 0.25) is 0 Å². The van der Waals surface area contributed by atoms with Gasteiger partial charge in [0.05, 0.1) is 0 Å². The van der Waals surface area contributed by atoms with Crippen molar-refractivity contribution in [2.45, 2.75) is 17.8 Å². The first-order chi connectivity index (χ1) is 11.4. The molecule has 2 bridgehead atoms. The summed E-state index contributed by atoms with van der Waals surface area (Å²) in [6.07, 6.45) is 3.01. The summed E-state index contributed by atoms with van der Waals surface area (Å²) in [7, 11) is 0. The van der Waals surface area contributed by atoms with E-state index in [1.54, 1.807) is 0 Å². The fraction of sp³-hybridized carbons (Fsp3) is 0.130. The van der Waals surface area contributed by atoms with Gasteiger partial charge in [0.2, 0.25) is 0 Å². The molecule has 0 spiro atoms. The van der Waals surface area contributed by atoms with Crippen molar-refractivity contribution in [2.75, 3.05) is 0 Å². The van der Waals surface area contributed by atoms with Crippen LogP contribution in [0.1, 0.15) is 45.7 Å². The van der Waals surface area contributed by atoms with Gasteiger partial charge in [-0.15, -0.1) is 6.58 Å². The smallest absolute Gasteiger partial charge is 0.0494 e. The van der Waals surface area contributed by atoms with Gasteiger partial charge in [-0.05, 0) is 39.8 Å². The molecule has 110 valence electrons. The van der Waals surface area contributed by atoms with Gasteiger partial charge in [0.1, 0.15) is 0 Å². The van der Waals surface area contributed by atoms with E-state index in [4.69, 9.17) is 0 Å². The standard InChI is InChI=1S/C23H18/c1-2-15-23-19-12-6-3-9-16(19)22(17-10-4-7-13-20(17)23)18-11-5-8-14-21(18)23/h2-14,22H,1,15H2. The van der Waals surface area contributed by atoms with E-state index in [0.717, 1.165) is 6.42 Å². The van der Waals surface area contributed by atoms with Gasteiger partial charge in [-0.25, -0.2) is 0 Å². The molecule has 0 aromatic heterocycles. The highest BCUT2D eigenvalue weighted by Gasteiger charge is 2.50. The molecule has 0 nitrogen and oxygen atoms in total. The Bertz CT molecular complexity index is 816. The molecule has 0 amide bonds. The number of hydrogen-bond acceptors (Lipinski definition) is 0. The van der Waals surface area contributed by atoms with Crippen LogP contribution in [-0.2, 0) is 5.41 Å². The number of rotatable bonds is 2. The molecule has 23 heavy (non-hydrogen) atoms. The van der Waals surface area contributed by atoms with Gasteiger partial charge in [0.15, 0.2) is 0 Å². The maximum atomic E-state index is 4.08. The van der Waals surface area contributed by atoms with Gasteiger partial charge in [-0.3, -0.25) is 0 Å². The molecule has 0 saturated carbocycles. The second-order valence-electron chi connectivity index (χ2n) is 6.59. The van der Waals surface area contributed by atoms with Crippen molar-refractivity contribution in [3.05, 3.63) is 119 Å². The minimum Gasteiger partial charge on any atom is -0.103 e. The van der Waals surface area contributed by atoms with E-state index in [2.05, 4.69) is 85.5 Å². The molecule has 0 aliphatic heterocycles. The third-order valence-corrected chi connectivity index (χ3v) is 5.65. The normalized spacial score (nSPS) is 22.9. The van der Waals surface area contributed by atoms with E-state index in [1.165, 1.54) is 33.4 Å². The van der Waals surface area contributed by atoms with E-state index >= 15 is 0 Å². The highest BCUT2D eigenvalue weighted by atomic mass is 14.5. The molecule has 3 aliphatic rings. The Balaban J connectivity index is 1.99. The second-order valence-corrected chi connectivity index (χ2v) is 6.59. The van der Waals surface area contributed by atoms with Crippen LogP contribution in [0.4, 0.5) is 0 Å². The minimum atomic E-state index is -0.0831. The molecular weight excluding hydrogens is 276 g/mol. The van der Waals surface area contributed by atoms with Crippen LogP contribution in [0.5, 0.6) is 0 Å². The van der Waals surface area contributed by atoms with E-state index in [9.17, 15) is 0 Å². The molecule has 0 heteroatoms. The van der Waals surface area contributed by atoms with Gasteiger partial charge in [-0.2, -0.15) is 0 Å². The Hall–Kier alpha value is -2.60. The SMILES string of the molecule is C=CCC12c3ccccc3C(c3ccccc31)c1ccccc12. The van der Waals surface area contributed by atoms with Crippen LogP contribution in [-0.4, -0.2) is 0 Å².